The Hall–Kier alpha value is -4.12. The van der Waals surface area contributed by atoms with E-state index >= 15 is 0 Å². The summed E-state index contributed by atoms with van der Waals surface area (Å²) in [5.41, 5.74) is 5.09. The lowest BCUT2D eigenvalue weighted by molar-refractivity contribution is 0.445. The number of hydrogen-bond donors (Lipinski definition) is 3. The molecule has 4 aromatic carbocycles. The first kappa shape index (κ1) is 22.1. The number of benzene rings is 4. The Morgan fingerprint density at radius 3 is 1.73 bits per heavy atom. The van der Waals surface area contributed by atoms with Gasteiger partial charge in [-0.25, -0.2) is 0 Å². The number of aromatic hydroxyl groups is 3. The summed E-state index contributed by atoms with van der Waals surface area (Å²) < 4.78 is 6.28. The summed E-state index contributed by atoms with van der Waals surface area (Å²) in [6.07, 6.45) is 0. The number of ether oxygens (including phenoxy) is 1. The molecule has 0 radical (unpaired) electrons. The van der Waals surface area contributed by atoms with E-state index in [1.807, 2.05) is 93.3 Å². The summed E-state index contributed by atoms with van der Waals surface area (Å²) in [5.74, 6) is 1.65. The van der Waals surface area contributed by atoms with E-state index in [0.29, 0.717) is 34.1 Å². The number of phenolic OH excluding ortho intramolecular Hbond substituents is 3. The van der Waals surface area contributed by atoms with Gasteiger partial charge < -0.3 is 25.0 Å². The summed E-state index contributed by atoms with van der Waals surface area (Å²) in [6, 6.07) is 22.1. The quantitative estimate of drug-likeness (QED) is 0.303. The molecule has 0 atom stereocenters. The predicted molar refractivity (Wildman–Crippen MR) is 132 cm³/mol. The Morgan fingerprint density at radius 1 is 0.606 bits per heavy atom. The Bertz CT molecular complexity index is 1280. The van der Waals surface area contributed by atoms with Crippen LogP contribution in [0.3, 0.4) is 0 Å². The van der Waals surface area contributed by atoms with Crippen LogP contribution in [-0.4, -0.2) is 15.3 Å². The van der Waals surface area contributed by atoms with Gasteiger partial charge in [-0.05, 0) is 74.7 Å². The normalized spacial score (nSPS) is 10.8. The zero-order valence-electron chi connectivity index (χ0n) is 19.1. The van der Waals surface area contributed by atoms with Gasteiger partial charge in [0.2, 0.25) is 0 Å². The molecule has 0 aliphatic rings. The minimum absolute atomic E-state index is 0.173. The molecular weight excluding hydrogens is 414 g/mol. The molecule has 0 heterocycles. The molecule has 33 heavy (non-hydrogen) atoms. The van der Waals surface area contributed by atoms with Crippen molar-refractivity contribution in [1.82, 2.24) is 0 Å². The summed E-state index contributed by atoms with van der Waals surface area (Å²) >= 11 is 0. The molecule has 0 spiro atoms. The second-order valence-corrected chi connectivity index (χ2v) is 8.20. The number of anilines is 3. The van der Waals surface area contributed by atoms with Gasteiger partial charge in [-0.15, -0.1) is 0 Å². The zero-order chi connectivity index (χ0) is 23.7. The maximum atomic E-state index is 10.4. The number of para-hydroxylation sites is 2. The van der Waals surface area contributed by atoms with E-state index in [0.717, 1.165) is 16.7 Å². The Kier molecular flexibility index (Phi) is 5.88. The van der Waals surface area contributed by atoms with Crippen molar-refractivity contribution in [1.29, 1.82) is 0 Å². The van der Waals surface area contributed by atoms with Crippen LogP contribution in [0.5, 0.6) is 28.7 Å². The second kappa shape index (κ2) is 8.79. The first-order chi connectivity index (χ1) is 15.8. The van der Waals surface area contributed by atoms with Crippen molar-refractivity contribution >= 4 is 17.1 Å². The number of hydrogen-bond acceptors (Lipinski definition) is 5. The maximum Gasteiger partial charge on any atom is 0.151 e. The third-order valence-electron chi connectivity index (χ3n) is 5.81. The fourth-order valence-electron chi connectivity index (χ4n) is 3.68. The first-order valence-electron chi connectivity index (χ1n) is 10.7. The van der Waals surface area contributed by atoms with Crippen LogP contribution in [0.1, 0.15) is 22.3 Å². The van der Waals surface area contributed by atoms with Crippen molar-refractivity contribution in [3.05, 3.63) is 95.1 Å². The lowest BCUT2D eigenvalue weighted by Gasteiger charge is -2.28. The van der Waals surface area contributed by atoms with E-state index in [-0.39, 0.29) is 17.2 Å². The van der Waals surface area contributed by atoms with E-state index in [4.69, 9.17) is 4.74 Å². The van der Waals surface area contributed by atoms with Gasteiger partial charge in [-0.2, -0.15) is 0 Å². The van der Waals surface area contributed by atoms with Crippen molar-refractivity contribution in [3.63, 3.8) is 0 Å². The van der Waals surface area contributed by atoms with Gasteiger partial charge in [0.1, 0.15) is 23.0 Å². The third-order valence-corrected chi connectivity index (χ3v) is 5.81. The van der Waals surface area contributed by atoms with E-state index in [1.165, 1.54) is 0 Å². The van der Waals surface area contributed by atoms with Crippen LogP contribution < -0.4 is 9.64 Å². The molecule has 4 rings (SSSR count). The summed E-state index contributed by atoms with van der Waals surface area (Å²) in [6.45, 7) is 7.33. The maximum absolute atomic E-state index is 10.4. The molecule has 3 N–H and O–H groups in total. The topological polar surface area (TPSA) is 73.2 Å². The standard InChI is InChI=1S/C28H27NO4/c1-17-9-12-21(15-24(17)30)29(22-13-10-18(2)25(31)16-22)23-7-5-6-8-27(23)33-26-14-11-19(3)28(32)20(26)4/h5-16,30-32H,1-4H3. The lowest BCUT2D eigenvalue weighted by atomic mass is 10.1. The Labute approximate surface area is 193 Å². The van der Waals surface area contributed by atoms with E-state index in [2.05, 4.69) is 0 Å². The Balaban J connectivity index is 1.89. The monoisotopic (exact) mass is 441 g/mol. The molecule has 5 heteroatoms. The van der Waals surface area contributed by atoms with Crippen LogP contribution in [-0.2, 0) is 0 Å². The molecule has 0 bridgehead atoms. The number of rotatable bonds is 5. The molecule has 0 unspecified atom stereocenters. The van der Waals surface area contributed by atoms with Crippen molar-refractivity contribution in [2.75, 3.05) is 4.90 Å². The minimum atomic E-state index is 0.173. The van der Waals surface area contributed by atoms with E-state index in [1.54, 1.807) is 12.1 Å². The van der Waals surface area contributed by atoms with Crippen LogP contribution in [0, 0.1) is 27.7 Å². The highest BCUT2D eigenvalue weighted by Crippen LogP contribution is 2.44. The molecule has 0 saturated carbocycles. The van der Waals surface area contributed by atoms with Crippen molar-refractivity contribution in [2.24, 2.45) is 0 Å². The minimum Gasteiger partial charge on any atom is -0.508 e. The van der Waals surface area contributed by atoms with Gasteiger partial charge in [0.25, 0.3) is 0 Å². The van der Waals surface area contributed by atoms with Gasteiger partial charge in [0.05, 0.1) is 5.69 Å². The lowest BCUT2D eigenvalue weighted by Crippen LogP contribution is -2.11. The van der Waals surface area contributed by atoms with Crippen molar-refractivity contribution in [3.8, 4) is 28.7 Å². The van der Waals surface area contributed by atoms with Gasteiger partial charge >= 0.3 is 0 Å². The van der Waals surface area contributed by atoms with E-state index < -0.39 is 0 Å². The van der Waals surface area contributed by atoms with Crippen LogP contribution in [0.25, 0.3) is 0 Å². The van der Waals surface area contributed by atoms with Crippen LogP contribution in [0.2, 0.25) is 0 Å². The molecule has 4 aromatic rings. The highest BCUT2D eigenvalue weighted by atomic mass is 16.5. The second-order valence-electron chi connectivity index (χ2n) is 8.20. The van der Waals surface area contributed by atoms with E-state index in [9.17, 15) is 15.3 Å². The molecule has 0 aliphatic carbocycles. The van der Waals surface area contributed by atoms with Crippen molar-refractivity contribution < 1.29 is 20.1 Å². The molecular formula is C28H27NO4. The van der Waals surface area contributed by atoms with Crippen LogP contribution in [0.4, 0.5) is 17.1 Å². The average molecular weight is 442 g/mol. The average Bonchev–Trinajstić information content (AvgIpc) is 2.80. The number of aryl methyl sites for hydroxylation is 3. The smallest absolute Gasteiger partial charge is 0.151 e. The summed E-state index contributed by atoms with van der Waals surface area (Å²) in [4.78, 5) is 1.91. The van der Waals surface area contributed by atoms with Gasteiger partial charge in [-0.1, -0.05) is 30.3 Å². The molecule has 168 valence electrons. The predicted octanol–water partition coefficient (Wildman–Crippen LogP) is 7.30. The highest BCUT2D eigenvalue weighted by Gasteiger charge is 2.20. The first-order valence-corrected chi connectivity index (χ1v) is 10.7. The SMILES string of the molecule is Cc1ccc(N(c2ccc(C)c(O)c2)c2ccccc2Oc2ccc(C)c(O)c2C)cc1O. The summed E-state index contributed by atoms with van der Waals surface area (Å²) in [7, 11) is 0. The zero-order valence-corrected chi connectivity index (χ0v) is 19.1. The molecule has 0 fully saturated rings. The largest absolute Gasteiger partial charge is 0.508 e. The fraction of sp³-hybridized carbons (Fsp3) is 0.143. The molecule has 0 aliphatic heterocycles. The summed E-state index contributed by atoms with van der Waals surface area (Å²) in [5, 5.41) is 31.2. The molecule has 5 nitrogen and oxygen atoms in total. The van der Waals surface area contributed by atoms with Gasteiger partial charge in [0, 0.05) is 29.1 Å². The fourth-order valence-corrected chi connectivity index (χ4v) is 3.68. The molecule has 0 amide bonds. The molecule has 0 aromatic heterocycles. The molecule has 0 saturated heterocycles. The Morgan fingerprint density at radius 2 is 1.15 bits per heavy atom. The number of phenols is 3. The highest BCUT2D eigenvalue weighted by molar-refractivity contribution is 5.81. The van der Waals surface area contributed by atoms with Gasteiger partial charge in [0.15, 0.2) is 5.75 Å². The van der Waals surface area contributed by atoms with Crippen LogP contribution in [0.15, 0.2) is 72.8 Å². The number of nitrogens with zero attached hydrogens (tertiary/aromatic N) is 1. The van der Waals surface area contributed by atoms with Gasteiger partial charge in [-0.3, -0.25) is 0 Å². The van der Waals surface area contributed by atoms with Crippen molar-refractivity contribution in [2.45, 2.75) is 27.7 Å². The third kappa shape index (κ3) is 4.30. The van der Waals surface area contributed by atoms with Crippen LogP contribution >= 0.6 is 0 Å².